The minimum atomic E-state index is -0.535. The van der Waals surface area contributed by atoms with Gasteiger partial charge in [0.15, 0.2) is 15.8 Å². The minimum Gasteiger partial charge on any atom is -0.490 e. The first-order chi connectivity index (χ1) is 16.4. The molecule has 13 heteroatoms. The molecule has 2 aromatic carbocycles. The lowest BCUT2D eigenvalue weighted by Gasteiger charge is -2.12. The summed E-state index contributed by atoms with van der Waals surface area (Å²) in [6.45, 7) is 4.60. The van der Waals surface area contributed by atoms with E-state index < -0.39 is 4.92 Å². The lowest BCUT2D eigenvalue weighted by Crippen LogP contribution is -2.14. The van der Waals surface area contributed by atoms with Crippen molar-refractivity contribution in [3.05, 3.63) is 58.1 Å². The molecule has 34 heavy (non-hydrogen) atoms. The molecule has 2 N–H and O–H groups in total. The maximum absolute atomic E-state index is 12.6. The van der Waals surface area contributed by atoms with Gasteiger partial charge in [0.05, 0.1) is 23.9 Å². The number of non-ortho nitro benzene ring substituents is 1. The number of hydrogen-bond acceptors (Lipinski definition) is 10. The van der Waals surface area contributed by atoms with Gasteiger partial charge in [-0.2, -0.15) is 0 Å². The molecule has 3 rings (SSSR count). The molecule has 0 atom stereocenters. The summed E-state index contributed by atoms with van der Waals surface area (Å²) in [6, 6.07) is 10.6. The highest BCUT2D eigenvalue weighted by molar-refractivity contribution is 8.01. The molecule has 0 aliphatic heterocycles. The quantitative estimate of drug-likeness (QED) is 0.170. The van der Waals surface area contributed by atoms with Crippen LogP contribution >= 0.6 is 23.1 Å². The highest BCUT2D eigenvalue weighted by Crippen LogP contribution is 2.30. The Labute approximate surface area is 203 Å². The average Bonchev–Trinajstić information content (AvgIpc) is 3.26. The van der Waals surface area contributed by atoms with E-state index in [2.05, 4.69) is 20.8 Å². The second-order valence-corrected chi connectivity index (χ2v) is 8.70. The van der Waals surface area contributed by atoms with Gasteiger partial charge in [-0.05, 0) is 38.1 Å². The summed E-state index contributed by atoms with van der Waals surface area (Å²) in [5.41, 5.74) is 0.579. The van der Waals surface area contributed by atoms with Gasteiger partial charge in [0.2, 0.25) is 11.0 Å². The van der Waals surface area contributed by atoms with Crippen molar-refractivity contribution in [1.29, 1.82) is 0 Å². The predicted molar refractivity (Wildman–Crippen MR) is 129 cm³/mol. The predicted octanol–water partition coefficient (Wildman–Crippen LogP) is 4.23. The van der Waals surface area contributed by atoms with Gasteiger partial charge in [0, 0.05) is 23.4 Å². The lowest BCUT2D eigenvalue weighted by atomic mass is 10.2. The number of hydrogen-bond donors (Lipinski definition) is 2. The fraction of sp³-hybridized carbons (Fsp3) is 0.238. The van der Waals surface area contributed by atoms with Gasteiger partial charge in [-0.3, -0.25) is 25.0 Å². The number of thioether (sulfide) groups is 1. The SMILES string of the molecule is CCOc1ccc(C(=O)Nc2nnc(SCC(=O)Nc3cccc([N+](=O)[O-])c3)s2)cc1OCC. The number of rotatable bonds is 11. The first-order valence-electron chi connectivity index (χ1n) is 10.1. The van der Waals surface area contributed by atoms with Gasteiger partial charge in [0.25, 0.3) is 11.6 Å². The van der Waals surface area contributed by atoms with Crippen molar-refractivity contribution in [3.63, 3.8) is 0 Å². The third-order valence-corrected chi connectivity index (χ3v) is 6.07. The van der Waals surface area contributed by atoms with E-state index in [4.69, 9.17) is 9.47 Å². The first kappa shape index (κ1) is 24.9. The van der Waals surface area contributed by atoms with E-state index in [0.29, 0.717) is 40.3 Å². The van der Waals surface area contributed by atoms with Crippen molar-refractivity contribution < 1.29 is 24.0 Å². The number of ether oxygens (including phenoxy) is 2. The van der Waals surface area contributed by atoms with Crippen LogP contribution in [0.3, 0.4) is 0 Å². The average molecular weight is 504 g/mol. The largest absolute Gasteiger partial charge is 0.490 e. The first-order valence-corrected chi connectivity index (χ1v) is 11.9. The molecular weight excluding hydrogens is 482 g/mol. The summed E-state index contributed by atoms with van der Waals surface area (Å²) in [5, 5.41) is 24.3. The van der Waals surface area contributed by atoms with Gasteiger partial charge in [-0.1, -0.05) is 29.2 Å². The zero-order valence-electron chi connectivity index (χ0n) is 18.3. The second kappa shape index (κ2) is 12.0. The highest BCUT2D eigenvalue weighted by atomic mass is 32.2. The summed E-state index contributed by atoms with van der Waals surface area (Å²) in [4.78, 5) is 35.1. The van der Waals surface area contributed by atoms with Crippen molar-refractivity contribution >= 4 is 51.4 Å². The van der Waals surface area contributed by atoms with Crippen LogP contribution in [0, 0.1) is 10.1 Å². The number of nitrogens with zero attached hydrogens (tertiary/aromatic N) is 3. The number of carbonyl (C=O) groups excluding carboxylic acids is 2. The summed E-state index contributed by atoms with van der Waals surface area (Å²) in [7, 11) is 0. The number of aromatic nitrogens is 2. The molecule has 1 aromatic heterocycles. The standard InChI is InChI=1S/C21H21N5O6S2/c1-3-31-16-9-8-13(10-17(16)32-4-2)19(28)23-20-24-25-21(34-20)33-12-18(27)22-14-6-5-7-15(11-14)26(29)30/h5-11H,3-4,12H2,1-2H3,(H,22,27)(H,23,24,28). The zero-order valence-corrected chi connectivity index (χ0v) is 19.9. The Bertz CT molecular complexity index is 1190. The Morgan fingerprint density at radius 2 is 1.82 bits per heavy atom. The lowest BCUT2D eigenvalue weighted by molar-refractivity contribution is -0.384. The monoisotopic (exact) mass is 503 g/mol. The van der Waals surface area contributed by atoms with Crippen LogP contribution in [-0.2, 0) is 4.79 Å². The number of amides is 2. The fourth-order valence-corrected chi connectivity index (χ4v) is 4.25. The molecule has 11 nitrogen and oxygen atoms in total. The molecule has 0 radical (unpaired) electrons. The third kappa shape index (κ3) is 6.89. The van der Waals surface area contributed by atoms with E-state index in [0.717, 1.165) is 23.1 Å². The van der Waals surface area contributed by atoms with E-state index in [1.165, 1.54) is 18.2 Å². The maximum Gasteiger partial charge on any atom is 0.271 e. The number of nitro groups is 1. The molecule has 0 bridgehead atoms. The summed E-state index contributed by atoms with van der Waals surface area (Å²) in [5.74, 6) is 0.297. The summed E-state index contributed by atoms with van der Waals surface area (Å²) < 4.78 is 11.5. The Hall–Kier alpha value is -3.71. The molecule has 0 spiro atoms. The third-order valence-electron chi connectivity index (χ3n) is 4.10. The van der Waals surface area contributed by atoms with Crippen molar-refractivity contribution in [1.82, 2.24) is 10.2 Å². The molecule has 0 saturated heterocycles. The molecule has 0 fully saturated rings. The summed E-state index contributed by atoms with van der Waals surface area (Å²) in [6.07, 6.45) is 0. The molecule has 2 amide bonds. The number of nitro benzene ring substituents is 1. The zero-order chi connectivity index (χ0) is 24.5. The molecule has 3 aromatic rings. The van der Waals surface area contributed by atoms with Gasteiger partial charge >= 0.3 is 0 Å². The van der Waals surface area contributed by atoms with Crippen LogP contribution in [-0.4, -0.2) is 45.9 Å². The van der Waals surface area contributed by atoms with Crippen molar-refractivity contribution in [3.8, 4) is 11.5 Å². The number of anilines is 2. The van der Waals surface area contributed by atoms with Crippen LogP contribution < -0.4 is 20.1 Å². The van der Waals surface area contributed by atoms with Crippen molar-refractivity contribution in [2.24, 2.45) is 0 Å². The van der Waals surface area contributed by atoms with E-state index >= 15 is 0 Å². The number of carbonyl (C=O) groups is 2. The highest BCUT2D eigenvalue weighted by Gasteiger charge is 2.15. The van der Waals surface area contributed by atoms with Crippen LogP contribution in [0.15, 0.2) is 46.8 Å². The molecule has 0 saturated carbocycles. The normalized spacial score (nSPS) is 10.4. The topological polar surface area (TPSA) is 146 Å². The smallest absolute Gasteiger partial charge is 0.271 e. The molecule has 0 aliphatic rings. The van der Waals surface area contributed by atoms with Gasteiger partial charge in [-0.25, -0.2) is 0 Å². The Morgan fingerprint density at radius 1 is 1.06 bits per heavy atom. The molecule has 1 heterocycles. The van der Waals surface area contributed by atoms with Gasteiger partial charge in [-0.15, -0.1) is 10.2 Å². The minimum absolute atomic E-state index is 0.0158. The molecule has 178 valence electrons. The van der Waals surface area contributed by atoms with Crippen LogP contribution in [0.2, 0.25) is 0 Å². The molecular formula is C21H21N5O6S2. The van der Waals surface area contributed by atoms with E-state index in [-0.39, 0.29) is 28.4 Å². The Balaban J connectivity index is 1.55. The fourth-order valence-electron chi connectivity index (χ4n) is 2.70. The Morgan fingerprint density at radius 3 is 2.56 bits per heavy atom. The summed E-state index contributed by atoms with van der Waals surface area (Å²) >= 11 is 2.25. The number of nitrogens with one attached hydrogen (secondary N) is 2. The van der Waals surface area contributed by atoms with Crippen molar-refractivity contribution in [2.45, 2.75) is 18.2 Å². The van der Waals surface area contributed by atoms with E-state index in [1.807, 2.05) is 13.8 Å². The van der Waals surface area contributed by atoms with E-state index in [1.54, 1.807) is 24.3 Å². The maximum atomic E-state index is 12.6. The van der Waals surface area contributed by atoms with Crippen LogP contribution in [0.4, 0.5) is 16.5 Å². The van der Waals surface area contributed by atoms with E-state index in [9.17, 15) is 19.7 Å². The van der Waals surface area contributed by atoms with Crippen LogP contribution in [0.1, 0.15) is 24.2 Å². The number of benzene rings is 2. The molecule has 0 aliphatic carbocycles. The Kier molecular flexibility index (Phi) is 8.76. The van der Waals surface area contributed by atoms with Crippen LogP contribution in [0.5, 0.6) is 11.5 Å². The van der Waals surface area contributed by atoms with Crippen LogP contribution in [0.25, 0.3) is 0 Å². The van der Waals surface area contributed by atoms with Gasteiger partial charge in [0.1, 0.15) is 0 Å². The van der Waals surface area contributed by atoms with Crippen molar-refractivity contribution in [2.75, 3.05) is 29.6 Å². The second-order valence-electron chi connectivity index (χ2n) is 6.50. The molecule has 0 unspecified atom stereocenters. The van der Waals surface area contributed by atoms with Gasteiger partial charge < -0.3 is 14.8 Å².